The van der Waals surface area contributed by atoms with Gasteiger partial charge in [0.25, 0.3) is 0 Å². The van der Waals surface area contributed by atoms with Gasteiger partial charge in [-0.2, -0.15) is 0 Å². The van der Waals surface area contributed by atoms with Gasteiger partial charge in [0.1, 0.15) is 11.6 Å². The third-order valence-electron chi connectivity index (χ3n) is 3.75. The number of aromatic nitrogens is 5. The average molecular weight is 346 g/mol. The van der Waals surface area contributed by atoms with E-state index in [-0.39, 0.29) is 5.82 Å². The van der Waals surface area contributed by atoms with Crippen molar-refractivity contribution in [2.24, 2.45) is 0 Å². The van der Waals surface area contributed by atoms with Crippen LogP contribution in [-0.2, 0) is 6.54 Å². The molecule has 1 aromatic carbocycles. The fourth-order valence-corrected chi connectivity index (χ4v) is 2.60. The molecule has 0 unspecified atom stereocenters. The van der Waals surface area contributed by atoms with Crippen molar-refractivity contribution >= 4 is 5.95 Å². The van der Waals surface area contributed by atoms with Gasteiger partial charge >= 0.3 is 0 Å². The van der Waals surface area contributed by atoms with Crippen molar-refractivity contribution < 1.29 is 4.39 Å². The highest BCUT2D eigenvalue weighted by Gasteiger charge is 2.15. The van der Waals surface area contributed by atoms with E-state index in [2.05, 4.69) is 30.2 Å². The molecule has 0 saturated carbocycles. The number of imidazole rings is 1. The zero-order chi connectivity index (χ0) is 17.8. The van der Waals surface area contributed by atoms with Gasteiger partial charge in [-0.05, 0) is 30.3 Å². The third kappa shape index (κ3) is 3.41. The predicted octanol–water partition coefficient (Wildman–Crippen LogP) is 3.68. The summed E-state index contributed by atoms with van der Waals surface area (Å²) < 4.78 is 13.7. The van der Waals surface area contributed by atoms with E-state index in [4.69, 9.17) is 0 Å². The highest BCUT2D eigenvalue weighted by Crippen LogP contribution is 2.29. The lowest BCUT2D eigenvalue weighted by Gasteiger charge is -2.02. The summed E-state index contributed by atoms with van der Waals surface area (Å²) in [7, 11) is 0. The van der Waals surface area contributed by atoms with E-state index in [1.54, 1.807) is 30.7 Å². The first kappa shape index (κ1) is 15.9. The summed E-state index contributed by atoms with van der Waals surface area (Å²) in [5.41, 5.74) is 2.81. The van der Waals surface area contributed by atoms with E-state index in [0.717, 1.165) is 11.4 Å². The SMILES string of the molecule is Fc1cccc(-c2nc(CNc3ncccn3)[nH]c2-c2ccccn2)c1. The van der Waals surface area contributed by atoms with Crippen LogP contribution in [0, 0.1) is 5.82 Å². The van der Waals surface area contributed by atoms with E-state index >= 15 is 0 Å². The number of hydrogen-bond donors (Lipinski definition) is 2. The Hall–Kier alpha value is -3.61. The second-order valence-electron chi connectivity index (χ2n) is 5.56. The van der Waals surface area contributed by atoms with Gasteiger partial charge < -0.3 is 10.3 Å². The summed E-state index contributed by atoms with van der Waals surface area (Å²) >= 11 is 0. The second kappa shape index (κ2) is 7.10. The molecule has 0 spiro atoms. The summed E-state index contributed by atoms with van der Waals surface area (Å²) in [4.78, 5) is 20.5. The maximum absolute atomic E-state index is 13.7. The third-order valence-corrected chi connectivity index (χ3v) is 3.75. The average Bonchev–Trinajstić information content (AvgIpc) is 3.12. The number of nitrogens with one attached hydrogen (secondary N) is 2. The summed E-state index contributed by atoms with van der Waals surface area (Å²) in [5.74, 6) is 0.878. The van der Waals surface area contributed by atoms with Gasteiger partial charge in [0.05, 0.1) is 23.6 Å². The summed E-state index contributed by atoms with van der Waals surface area (Å²) in [5, 5.41) is 3.11. The number of pyridine rings is 1. The van der Waals surface area contributed by atoms with Crippen molar-refractivity contribution in [3.05, 3.63) is 78.8 Å². The van der Waals surface area contributed by atoms with Crippen molar-refractivity contribution in [3.8, 4) is 22.6 Å². The van der Waals surface area contributed by atoms with Crippen LogP contribution in [0.1, 0.15) is 5.82 Å². The highest BCUT2D eigenvalue weighted by molar-refractivity contribution is 5.76. The molecule has 2 N–H and O–H groups in total. The lowest BCUT2D eigenvalue weighted by atomic mass is 10.1. The molecule has 128 valence electrons. The zero-order valence-corrected chi connectivity index (χ0v) is 13.7. The minimum absolute atomic E-state index is 0.310. The molecule has 0 atom stereocenters. The fraction of sp³-hybridized carbons (Fsp3) is 0.0526. The largest absolute Gasteiger partial charge is 0.347 e. The van der Waals surface area contributed by atoms with E-state index in [0.29, 0.717) is 29.6 Å². The molecule has 0 amide bonds. The number of anilines is 1. The molecule has 0 aliphatic rings. The monoisotopic (exact) mass is 346 g/mol. The Labute approximate surface area is 149 Å². The van der Waals surface area contributed by atoms with E-state index in [9.17, 15) is 4.39 Å². The van der Waals surface area contributed by atoms with Gasteiger partial charge in [0.2, 0.25) is 5.95 Å². The normalized spacial score (nSPS) is 10.7. The van der Waals surface area contributed by atoms with Crippen LogP contribution in [0.3, 0.4) is 0 Å². The summed E-state index contributed by atoms with van der Waals surface area (Å²) in [6, 6.07) is 13.7. The highest BCUT2D eigenvalue weighted by atomic mass is 19.1. The molecule has 0 bridgehead atoms. The van der Waals surface area contributed by atoms with Crippen LogP contribution in [0.25, 0.3) is 22.6 Å². The number of benzene rings is 1. The Kier molecular flexibility index (Phi) is 4.34. The zero-order valence-electron chi connectivity index (χ0n) is 13.7. The molecule has 0 fully saturated rings. The Morgan fingerprint density at radius 2 is 1.77 bits per heavy atom. The number of nitrogens with zero attached hydrogens (tertiary/aromatic N) is 4. The van der Waals surface area contributed by atoms with Crippen LogP contribution in [-0.4, -0.2) is 24.9 Å². The smallest absolute Gasteiger partial charge is 0.222 e. The lowest BCUT2D eigenvalue weighted by Crippen LogP contribution is -2.04. The van der Waals surface area contributed by atoms with Gasteiger partial charge in [0.15, 0.2) is 0 Å². The molecule has 3 heterocycles. The van der Waals surface area contributed by atoms with Gasteiger partial charge in [-0.1, -0.05) is 18.2 Å². The molecule has 4 aromatic rings. The first-order valence-electron chi connectivity index (χ1n) is 8.07. The van der Waals surface area contributed by atoms with Crippen molar-refractivity contribution in [2.75, 3.05) is 5.32 Å². The lowest BCUT2D eigenvalue weighted by molar-refractivity contribution is 0.628. The minimum Gasteiger partial charge on any atom is -0.347 e. The van der Waals surface area contributed by atoms with Gasteiger partial charge in [0, 0.05) is 24.2 Å². The molecule has 6 nitrogen and oxygen atoms in total. The number of halogens is 1. The second-order valence-corrected chi connectivity index (χ2v) is 5.56. The number of H-pyrrole nitrogens is 1. The molecular formula is C19H15FN6. The van der Waals surface area contributed by atoms with Gasteiger partial charge in [-0.15, -0.1) is 0 Å². The fourth-order valence-electron chi connectivity index (χ4n) is 2.60. The van der Waals surface area contributed by atoms with Crippen molar-refractivity contribution in [1.82, 2.24) is 24.9 Å². The minimum atomic E-state index is -0.310. The Morgan fingerprint density at radius 1 is 0.923 bits per heavy atom. The van der Waals surface area contributed by atoms with Gasteiger partial charge in [-0.25, -0.2) is 19.3 Å². The van der Waals surface area contributed by atoms with Crippen LogP contribution >= 0.6 is 0 Å². The number of hydrogen-bond acceptors (Lipinski definition) is 5. The van der Waals surface area contributed by atoms with Crippen molar-refractivity contribution in [1.29, 1.82) is 0 Å². The Bertz CT molecular complexity index is 1000. The standard InChI is InChI=1S/C19H15FN6/c20-14-6-3-5-13(11-14)17-18(15-7-1-2-8-21-15)26-16(25-17)12-24-19-22-9-4-10-23-19/h1-11H,12H2,(H,25,26)(H,22,23,24). The maximum Gasteiger partial charge on any atom is 0.222 e. The molecule has 4 rings (SSSR count). The Balaban J connectivity index is 1.70. The van der Waals surface area contributed by atoms with Crippen LogP contribution in [0.4, 0.5) is 10.3 Å². The topological polar surface area (TPSA) is 79.4 Å². The molecule has 0 aliphatic heterocycles. The molecule has 0 saturated heterocycles. The van der Waals surface area contributed by atoms with E-state index in [1.807, 2.05) is 24.3 Å². The van der Waals surface area contributed by atoms with E-state index < -0.39 is 0 Å². The summed E-state index contributed by atoms with van der Waals surface area (Å²) in [6.07, 6.45) is 5.03. The molecule has 7 heteroatoms. The first-order chi connectivity index (χ1) is 12.8. The Morgan fingerprint density at radius 3 is 2.54 bits per heavy atom. The van der Waals surface area contributed by atoms with Crippen molar-refractivity contribution in [3.63, 3.8) is 0 Å². The maximum atomic E-state index is 13.7. The molecule has 3 aromatic heterocycles. The molecule has 0 aliphatic carbocycles. The number of rotatable bonds is 5. The van der Waals surface area contributed by atoms with Crippen molar-refractivity contribution in [2.45, 2.75) is 6.54 Å². The molecular weight excluding hydrogens is 331 g/mol. The van der Waals surface area contributed by atoms with Crippen LogP contribution in [0.2, 0.25) is 0 Å². The molecule has 0 radical (unpaired) electrons. The van der Waals surface area contributed by atoms with Crippen LogP contribution in [0.5, 0.6) is 0 Å². The van der Waals surface area contributed by atoms with Crippen LogP contribution < -0.4 is 5.32 Å². The first-order valence-corrected chi connectivity index (χ1v) is 8.07. The van der Waals surface area contributed by atoms with Crippen LogP contribution in [0.15, 0.2) is 67.1 Å². The number of aromatic amines is 1. The quantitative estimate of drug-likeness (QED) is 0.576. The van der Waals surface area contributed by atoms with Gasteiger partial charge in [-0.3, -0.25) is 4.98 Å². The predicted molar refractivity (Wildman–Crippen MR) is 96.6 cm³/mol. The molecule has 26 heavy (non-hydrogen) atoms. The van der Waals surface area contributed by atoms with E-state index in [1.165, 1.54) is 12.1 Å². The summed E-state index contributed by atoms with van der Waals surface area (Å²) in [6.45, 7) is 0.402.